The second kappa shape index (κ2) is 6.21. The average Bonchev–Trinajstić information content (AvgIpc) is 3.05. The van der Waals surface area contributed by atoms with E-state index in [1.807, 2.05) is 0 Å². The van der Waals surface area contributed by atoms with Gasteiger partial charge in [-0.2, -0.15) is 0 Å². The van der Waals surface area contributed by atoms with E-state index in [9.17, 15) is 10.1 Å². The predicted molar refractivity (Wildman–Crippen MR) is 70.5 cm³/mol. The van der Waals surface area contributed by atoms with Crippen LogP contribution in [0.15, 0.2) is 34.1 Å². The molecule has 0 saturated heterocycles. The molecule has 2 rings (SSSR count). The monoisotopic (exact) mass is 274 g/mol. The summed E-state index contributed by atoms with van der Waals surface area (Å²) in [7, 11) is 0. The van der Waals surface area contributed by atoms with Gasteiger partial charge in [0.05, 0.1) is 19.4 Å². The first-order chi connectivity index (χ1) is 9.72. The van der Waals surface area contributed by atoms with Gasteiger partial charge in [-0.3, -0.25) is 0 Å². The van der Waals surface area contributed by atoms with Crippen LogP contribution in [0.4, 0.5) is 5.82 Å². The Morgan fingerprint density at radius 3 is 3.10 bits per heavy atom. The quantitative estimate of drug-likeness (QED) is 0.264. The van der Waals surface area contributed by atoms with Crippen LogP contribution in [0.3, 0.4) is 0 Å². The fourth-order valence-corrected chi connectivity index (χ4v) is 1.62. The zero-order valence-electron chi connectivity index (χ0n) is 10.3. The van der Waals surface area contributed by atoms with E-state index in [4.69, 9.17) is 9.95 Å². The van der Waals surface area contributed by atoms with Crippen molar-refractivity contribution in [2.24, 2.45) is 5.11 Å². The van der Waals surface area contributed by atoms with Crippen molar-refractivity contribution in [3.63, 3.8) is 0 Å². The Morgan fingerprint density at radius 2 is 2.45 bits per heavy atom. The van der Waals surface area contributed by atoms with Gasteiger partial charge in [0.1, 0.15) is 12.0 Å². The second-order valence-electron chi connectivity index (χ2n) is 3.69. The number of azide groups is 1. The van der Waals surface area contributed by atoms with E-state index in [1.165, 1.54) is 10.8 Å². The number of furan rings is 1. The molecule has 0 N–H and O–H groups in total. The minimum Gasteiger partial charge on any atom is -0.465 e. The molecule has 102 valence electrons. The van der Waals surface area contributed by atoms with Crippen molar-refractivity contribution in [3.05, 3.63) is 56.7 Å². The molecule has 0 aliphatic rings. The van der Waals surface area contributed by atoms with E-state index in [2.05, 4.69) is 15.0 Å². The molecule has 2 aromatic rings. The third-order valence-corrected chi connectivity index (χ3v) is 2.48. The van der Waals surface area contributed by atoms with E-state index in [1.54, 1.807) is 24.3 Å². The van der Waals surface area contributed by atoms with Gasteiger partial charge in [0.2, 0.25) is 5.82 Å². The Kier molecular flexibility index (Phi) is 4.15. The molecule has 0 fully saturated rings. The van der Waals surface area contributed by atoms with Gasteiger partial charge in [-0.25, -0.2) is 9.55 Å². The molecule has 0 radical (unpaired) electrons. The molecular weight excluding hydrogens is 264 g/mol. The minimum atomic E-state index is -0.534. The van der Waals surface area contributed by atoms with Crippen molar-refractivity contribution in [2.75, 3.05) is 6.54 Å². The molecule has 0 aromatic carbocycles. The molecule has 0 aliphatic carbocycles. The van der Waals surface area contributed by atoms with Crippen LogP contribution in [0.25, 0.3) is 22.6 Å². The molecule has 9 heteroatoms. The number of imidazole rings is 1. The van der Waals surface area contributed by atoms with Crippen molar-refractivity contribution in [2.45, 2.75) is 6.54 Å². The van der Waals surface area contributed by atoms with Gasteiger partial charge in [0.15, 0.2) is 0 Å². The molecule has 2 aromatic heterocycles. The lowest BCUT2D eigenvalue weighted by Gasteiger charge is -1.99. The Morgan fingerprint density at radius 1 is 1.60 bits per heavy atom. The summed E-state index contributed by atoms with van der Waals surface area (Å²) in [6, 6.07) is 3.48. The molecular formula is C11H10N6O3. The van der Waals surface area contributed by atoms with Crippen LogP contribution >= 0.6 is 0 Å². The third kappa shape index (κ3) is 3.03. The molecule has 0 saturated carbocycles. The predicted octanol–water partition coefficient (Wildman–Crippen LogP) is 2.87. The van der Waals surface area contributed by atoms with Crippen LogP contribution in [0.2, 0.25) is 0 Å². The SMILES string of the molecule is [N-]=[N+]=NCCn1c([N+](=O)[O-])cnc1/C=C/c1ccco1. The summed E-state index contributed by atoms with van der Waals surface area (Å²) in [5.41, 5.74) is 8.24. The van der Waals surface area contributed by atoms with Crippen molar-refractivity contribution in [1.82, 2.24) is 9.55 Å². The number of hydrogen-bond acceptors (Lipinski definition) is 5. The summed E-state index contributed by atoms with van der Waals surface area (Å²) in [5, 5.41) is 14.3. The van der Waals surface area contributed by atoms with Crippen molar-refractivity contribution < 1.29 is 9.34 Å². The van der Waals surface area contributed by atoms with E-state index in [0.717, 1.165) is 6.20 Å². The summed E-state index contributed by atoms with van der Waals surface area (Å²) in [6.45, 7) is 0.285. The van der Waals surface area contributed by atoms with Crippen LogP contribution in [-0.2, 0) is 6.54 Å². The highest BCUT2D eigenvalue weighted by molar-refractivity contribution is 5.64. The maximum Gasteiger partial charge on any atom is 0.343 e. The van der Waals surface area contributed by atoms with Crippen LogP contribution in [-0.4, -0.2) is 21.0 Å². The minimum absolute atomic E-state index is 0.106. The lowest BCUT2D eigenvalue weighted by molar-refractivity contribution is -0.392. The second-order valence-corrected chi connectivity index (χ2v) is 3.69. The number of hydrogen-bond donors (Lipinski definition) is 0. The third-order valence-electron chi connectivity index (χ3n) is 2.48. The highest BCUT2D eigenvalue weighted by atomic mass is 16.6. The van der Waals surface area contributed by atoms with Crippen LogP contribution in [0.1, 0.15) is 11.6 Å². The van der Waals surface area contributed by atoms with Gasteiger partial charge < -0.3 is 14.5 Å². The Labute approximate surface area is 112 Å². The molecule has 20 heavy (non-hydrogen) atoms. The summed E-state index contributed by atoms with van der Waals surface area (Å²) in [6.07, 6.45) is 5.94. The first-order valence-corrected chi connectivity index (χ1v) is 5.64. The van der Waals surface area contributed by atoms with E-state index in [-0.39, 0.29) is 18.9 Å². The maximum absolute atomic E-state index is 10.9. The zero-order chi connectivity index (χ0) is 14.4. The summed E-state index contributed by atoms with van der Waals surface area (Å²) < 4.78 is 6.49. The maximum atomic E-state index is 10.9. The Bertz CT molecular complexity index is 666. The van der Waals surface area contributed by atoms with Gasteiger partial charge in [0.25, 0.3) is 0 Å². The lowest BCUT2D eigenvalue weighted by atomic mass is 10.4. The molecule has 0 amide bonds. The fourth-order valence-electron chi connectivity index (χ4n) is 1.62. The summed E-state index contributed by atoms with van der Waals surface area (Å²) >= 11 is 0. The standard InChI is InChI=1S/C11H10N6O3/c12-15-14-5-6-16-10(13-8-11(16)17(18)19)4-3-9-2-1-7-20-9/h1-4,7-8H,5-6H2/b4-3+. The average molecular weight is 274 g/mol. The Hall–Kier alpha value is -3.06. The number of rotatable bonds is 6. The van der Waals surface area contributed by atoms with Gasteiger partial charge in [-0.05, 0) is 28.7 Å². The van der Waals surface area contributed by atoms with Crippen LogP contribution in [0, 0.1) is 10.1 Å². The fraction of sp³-hybridized carbons (Fsp3) is 0.182. The van der Waals surface area contributed by atoms with Crippen molar-refractivity contribution >= 4 is 18.0 Å². The Balaban J connectivity index is 2.27. The van der Waals surface area contributed by atoms with Crippen LogP contribution in [0.5, 0.6) is 0 Å². The number of nitro groups is 1. The van der Waals surface area contributed by atoms with Gasteiger partial charge >= 0.3 is 5.82 Å². The van der Waals surface area contributed by atoms with E-state index >= 15 is 0 Å². The van der Waals surface area contributed by atoms with Crippen molar-refractivity contribution in [3.8, 4) is 0 Å². The molecule has 0 spiro atoms. The molecule has 9 nitrogen and oxygen atoms in total. The molecule has 0 aliphatic heterocycles. The molecule has 0 bridgehead atoms. The molecule has 2 heterocycles. The van der Waals surface area contributed by atoms with E-state index in [0.29, 0.717) is 11.6 Å². The molecule has 0 unspecified atom stereocenters. The number of nitrogens with zero attached hydrogens (tertiary/aromatic N) is 6. The smallest absolute Gasteiger partial charge is 0.343 e. The topological polar surface area (TPSA) is 123 Å². The number of aromatic nitrogens is 2. The zero-order valence-corrected chi connectivity index (χ0v) is 10.3. The van der Waals surface area contributed by atoms with Crippen LogP contribution < -0.4 is 0 Å². The summed E-state index contributed by atoms with van der Waals surface area (Å²) in [5.74, 6) is 0.843. The normalized spacial score (nSPS) is 10.6. The van der Waals surface area contributed by atoms with Crippen molar-refractivity contribution in [1.29, 1.82) is 0 Å². The largest absolute Gasteiger partial charge is 0.465 e. The van der Waals surface area contributed by atoms with Gasteiger partial charge in [0, 0.05) is 11.0 Å². The first-order valence-electron chi connectivity index (χ1n) is 5.64. The van der Waals surface area contributed by atoms with Gasteiger partial charge in [-0.15, -0.1) is 0 Å². The molecule has 0 atom stereocenters. The first kappa shape index (κ1) is 13.4. The highest BCUT2D eigenvalue weighted by Gasteiger charge is 2.17. The highest BCUT2D eigenvalue weighted by Crippen LogP contribution is 2.16. The summed E-state index contributed by atoms with van der Waals surface area (Å²) in [4.78, 5) is 17.0. The van der Waals surface area contributed by atoms with Gasteiger partial charge in [-0.1, -0.05) is 5.11 Å². The lowest BCUT2D eigenvalue weighted by Crippen LogP contribution is -2.07. The van der Waals surface area contributed by atoms with E-state index < -0.39 is 4.92 Å².